The fraction of sp³-hybridized carbons (Fsp3) is 0.297. The van der Waals surface area contributed by atoms with Gasteiger partial charge in [-0.15, -0.1) is 11.8 Å². The minimum Gasteiger partial charge on any atom is -0.496 e. The van der Waals surface area contributed by atoms with Crippen molar-refractivity contribution in [3.63, 3.8) is 0 Å². The lowest BCUT2D eigenvalue weighted by Gasteiger charge is -2.36. The van der Waals surface area contributed by atoms with E-state index in [2.05, 4.69) is 10.6 Å². The van der Waals surface area contributed by atoms with Gasteiger partial charge in [0.25, 0.3) is 0 Å². The van der Waals surface area contributed by atoms with E-state index in [9.17, 15) is 14.7 Å². The van der Waals surface area contributed by atoms with Crippen molar-refractivity contribution in [2.75, 3.05) is 23.9 Å². The van der Waals surface area contributed by atoms with Crippen LogP contribution in [0.2, 0.25) is 0 Å². The number of anilines is 2. The number of nitrogens with two attached hydrogens (primary N) is 1. The highest BCUT2D eigenvalue weighted by molar-refractivity contribution is 7.99. The third kappa shape index (κ3) is 9.82. The van der Waals surface area contributed by atoms with Gasteiger partial charge in [0.2, 0.25) is 11.8 Å². The van der Waals surface area contributed by atoms with Crippen LogP contribution >= 0.6 is 11.8 Å². The van der Waals surface area contributed by atoms with Crippen LogP contribution in [0, 0.1) is 0 Å². The summed E-state index contributed by atoms with van der Waals surface area (Å²) in [7, 11) is 1.67. The molecule has 1 fully saturated rings. The number of hydrogen-bond acceptors (Lipinski definition) is 8. The number of para-hydroxylation sites is 3. The Bertz CT molecular complexity index is 1620. The maximum atomic E-state index is 12.4. The first-order valence-corrected chi connectivity index (χ1v) is 16.7. The van der Waals surface area contributed by atoms with E-state index in [0.717, 1.165) is 38.7 Å². The van der Waals surface area contributed by atoms with Crippen LogP contribution in [0.4, 0.5) is 11.4 Å². The third-order valence-electron chi connectivity index (χ3n) is 7.89. The summed E-state index contributed by atoms with van der Waals surface area (Å²) in [6, 6.07) is 30.7. The SMILES string of the molecule is COc1ccccc1SC[C@H]1C[C@@H](c2ccc(CO)cc2)O[C@@H](c2ccc(CNC(=O)CCCC(=O)Nc3ccccc3N)cc2)O1. The summed E-state index contributed by atoms with van der Waals surface area (Å²) < 4.78 is 18.5. The molecule has 4 aromatic rings. The molecule has 0 spiro atoms. The number of nitrogens with one attached hydrogen (secondary N) is 2. The predicted octanol–water partition coefficient (Wildman–Crippen LogP) is 6.53. The van der Waals surface area contributed by atoms with Crippen LogP contribution in [0.1, 0.15) is 60.3 Å². The van der Waals surface area contributed by atoms with Crippen molar-refractivity contribution in [1.82, 2.24) is 5.32 Å². The van der Waals surface area contributed by atoms with E-state index in [1.54, 1.807) is 43.1 Å². The standard InChI is InChI=1S/C37H41N3O6S/c1-44-32-9-4-5-10-34(32)47-24-29-21-33(27-17-15-26(23-41)16-18-27)46-37(45-29)28-19-13-25(14-20-28)22-39-35(42)11-6-12-36(43)40-31-8-3-2-7-30(31)38/h2-5,7-10,13-20,29,33,37,41H,6,11-12,21-24,38H2,1H3,(H,39,42)(H,40,43)/t29-,33+,37+/m1/s1. The molecular formula is C37H41N3O6S. The van der Waals surface area contributed by atoms with E-state index >= 15 is 0 Å². The quantitative estimate of drug-likeness (QED) is 0.0891. The number of hydrogen-bond donors (Lipinski definition) is 4. The Kier molecular flexibility index (Phi) is 12.3. The van der Waals surface area contributed by atoms with Crippen LogP contribution in [-0.4, -0.2) is 35.9 Å². The molecular weight excluding hydrogens is 614 g/mol. The number of carbonyl (C=O) groups is 2. The highest BCUT2D eigenvalue weighted by atomic mass is 32.2. The first-order valence-electron chi connectivity index (χ1n) is 15.7. The van der Waals surface area contributed by atoms with E-state index in [4.69, 9.17) is 19.9 Å². The molecule has 0 saturated carbocycles. The summed E-state index contributed by atoms with van der Waals surface area (Å²) in [4.78, 5) is 25.7. The maximum absolute atomic E-state index is 12.4. The molecule has 0 unspecified atom stereocenters. The zero-order chi connectivity index (χ0) is 33.0. The molecule has 2 amide bonds. The largest absolute Gasteiger partial charge is 0.496 e. The van der Waals surface area contributed by atoms with Crippen LogP contribution in [0.3, 0.4) is 0 Å². The Morgan fingerprint density at radius 3 is 2.30 bits per heavy atom. The average molecular weight is 656 g/mol. The molecule has 1 heterocycles. The topological polar surface area (TPSA) is 132 Å². The molecule has 1 saturated heterocycles. The number of rotatable bonds is 14. The summed E-state index contributed by atoms with van der Waals surface area (Å²) in [6.45, 7) is 0.362. The Labute approximate surface area is 279 Å². The summed E-state index contributed by atoms with van der Waals surface area (Å²) in [6.07, 6.45) is 0.740. The number of amides is 2. The number of thioether (sulfide) groups is 1. The molecule has 0 radical (unpaired) electrons. The maximum Gasteiger partial charge on any atom is 0.224 e. The van der Waals surface area contributed by atoms with Crippen LogP contribution in [0.15, 0.2) is 102 Å². The number of nitrogen functional groups attached to an aromatic ring is 1. The summed E-state index contributed by atoms with van der Waals surface area (Å²) in [5, 5.41) is 15.2. The Morgan fingerprint density at radius 2 is 1.55 bits per heavy atom. The van der Waals surface area contributed by atoms with E-state index in [1.807, 2.05) is 72.8 Å². The lowest BCUT2D eigenvalue weighted by Crippen LogP contribution is -2.31. The van der Waals surface area contributed by atoms with Gasteiger partial charge in [0.05, 0.1) is 37.3 Å². The summed E-state index contributed by atoms with van der Waals surface area (Å²) in [5.41, 5.74) is 10.7. The number of ether oxygens (including phenoxy) is 3. The van der Waals surface area contributed by atoms with Gasteiger partial charge in [-0.3, -0.25) is 9.59 Å². The van der Waals surface area contributed by atoms with Crippen LogP contribution in [0.25, 0.3) is 0 Å². The van der Waals surface area contributed by atoms with Crippen molar-refractivity contribution in [3.8, 4) is 5.75 Å². The second-order valence-corrected chi connectivity index (χ2v) is 12.4. The fourth-order valence-corrected chi connectivity index (χ4v) is 6.31. The van der Waals surface area contributed by atoms with Crippen molar-refractivity contribution >= 4 is 35.0 Å². The van der Waals surface area contributed by atoms with E-state index in [0.29, 0.717) is 30.8 Å². The molecule has 10 heteroatoms. The molecule has 0 aromatic heterocycles. The van der Waals surface area contributed by atoms with Gasteiger partial charge in [-0.2, -0.15) is 0 Å². The molecule has 246 valence electrons. The smallest absolute Gasteiger partial charge is 0.224 e. The van der Waals surface area contributed by atoms with E-state index < -0.39 is 6.29 Å². The lowest BCUT2D eigenvalue weighted by atomic mass is 10.0. The molecule has 0 aliphatic carbocycles. The van der Waals surface area contributed by atoms with E-state index in [1.165, 1.54) is 0 Å². The fourth-order valence-electron chi connectivity index (χ4n) is 5.26. The van der Waals surface area contributed by atoms with Gasteiger partial charge in [0.15, 0.2) is 6.29 Å². The molecule has 47 heavy (non-hydrogen) atoms. The average Bonchev–Trinajstić information content (AvgIpc) is 3.11. The van der Waals surface area contributed by atoms with Gasteiger partial charge in [-0.25, -0.2) is 0 Å². The molecule has 1 aliphatic heterocycles. The second-order valence-electron chi connectivity index (χ2n) is 11.3. The third-order valence-corrected chi connectivity index (χ3v) is 9.08. The lowest BCUT2D eigenvalue weighted by molar-refractivity contribution is -0.245. The molecule has 0 bridgehead atoms. The van der Waals surface area contributed by atoms with Crippen molar-refractivity contribution in [1.29, 1.82) is 0 Å². The van der Waals surface area contributed by atoms with Crippen LogP contribution in [-0.2, 0) is 32.2 Å². The summed E-state index contributed by atoms with van der Waals surface area (Å²) in [5.74, 6) is 1.26. The van der Waals surface area contributed by atoms with E-state index in [-0.39, 0.29) is 43.5 Å². The normalized spacial score (nSPS) is 17.5. The van der Waals surface area contributed by atoms with Gasteiger partial charge >= 0.3 is 0 Å². The van der Waals surface area contributed by atoms with Crippen molar-refractivity contribution in [2.45, 2.75) is 62.2 Å². The van der Waals surface area contributed by atoms with Gasteiger partial charge in [-0.05, 0) is 47.4 Å². The minimum atomic E-state index is -0.574. The number of methoxy groups -OCH3 is 1. The van der Waals surface area contributed by atoms with Crippen molar-refractivity contribution < 1.29 is 28.9 Å². The van der Waals surface area contributed by atoms with Gasteiger partial charge in [-0.1, -0.05) is 72.8 Å². The van der Waals surface area contributed by atoms with Gasteiger partial charge < -0.3 is 35.7 Å². The number of carbonyl (C=O) groups excluding carboxylic acids is 2. The molecule has 1 aliphatic rings. The van der Waals surface area contributed by atoms with Gasteiger partial charge in [0, 0.05) is 42.0 Å². The van der Waals surface area contributed by atoms with Gasteiger partial charge in [0.1, 0.15) is 5.75 Å². The minimum absolute atomic E-state index is 0.00957. The molecule has 5 rings (SSSR count). The highest BCUT2D eigenvalue weighted by Gasteiger charge is 2.32. The van der Waals surface area contributed by atoms with Crippen LogP contribution < -0.4 is 21.1 Å². The molecule has 4 aromatic carbocycles. The molecule has 9 nitrogen and oxygen atoms in total. The first-order chi connectivity index (χ1) is 22.9. The second kappa shape index (κ2) is 17.0. The molecule has 3 atom stereocenters. The summed E-state index contributed by atoms with van der Waals surface area (Å²) >= 11 is 1.69. The van der Waals surface area contributed by atoms with Crippen LogP contribution in [0.5, 0.6) is 5.75 Å². The Morgan fingerprint density at radius 1 is 0.872 bits per heavy atom. The Balaban J connectivity index is 1.15. The number of benzene rings is 4. The van der Waals surface area contributed by atoms with Crippen molar-refractivity contribution in [2.24, 2.45) is 0 Å². The molecule has 5 N–H and O–H groups in total. The highest BCUT2D eigenvalue weighted by Crippen LogP contribution is 2.40. The first kappa shape index (κ1) is 34.0. The zero-order valence-corrected chi connectivity index (χ0v) is 27.2. The predicted molar refractivity (Wildman–Crippen MR) is 184 cm³/mol. The zero-order valence-electron chi connectivity index (χ0n) is 26.4. The number of aliphatic hydroxyl groups excluding tert-OH is 1. The van der Waals surface area contributed by atoms with Crippen molar-refractivity contribution in [3.05, 3.63) is 119 Å². The Hall–Kier alpha value is -4.35. The monoisotopic (exact) mass is 655 g/mol. The number of aliphatic hydroxyl groups is 1.